The molecule has 0 spiro atoms. The molecule has 25 heavy (non-hydrogen) atoms. The number of thioether (sulfide) groups is 1. The van der Waals surface area contributed by atoms with Crippen molar-refractivity contribution in [3.63, 3.8) is 0 Å². The highest BCUT2D eigenvalue weighted by molar-refractivity contribution is 7.98. The highest BCUT2D eigenvalue weighted by atomic mass is 32.2. The highest BCUT2D eigenvalue weighted by Gasteiger charge is 2.18. The summed E-state index contributed by atoms with van der Waals surface area (Å²) in [5, 5.41) is 15.9. The molecule has 0 atom stereocenters. The van der Waals surface area contributed by atoms with Crippen LogP contribution in [0.4, 0.5) is 5.69 Å². The van der Waals surface area contributed by atoms with Gasteiger partial charge in [-0.05, 0) is 24.8 Å². The van der Waals surface area contributed by atoms with Crippen LogP contribution in [0.15, 0.2) is 23.1 Å². The summed E-state index contributed by atoms with van der Waals surface area (Å²) < 4.78 is 4.80. The van der Waals surface area contributed by atoms with E-state index in [1.54, 1.807) is 6.26 Å². The fourth-order valence-corrected chi connectivity index (χ4v) is 2.28. The van der Waals surface area contributed by atoms with E-state index < -0.39 is 23.4 Å². The lowest BCUT2D eigenvalue weighted by Crippen LogP contribution is -2.38. The number of carbonyl (C=O) groups excluding carboxylic acids is 3. The van der Waals surface area contributed by atoms with E-state index in [4.69, 9.17) is 4.74 Å². The van der Waals surface area contributed by atoms with Gasteiger partial charge in [-0.15, -0.1) is 11.8 Å². The predicted molar refractivity (Wildman–Crippen MR) is 91.5 cm³/mol. The summed E-state index contributed by atoms with van der Waals surface area (Å²) in [6, 6.07) is 3.93. The molecule has 2 amide bonds. The van der Waals surface area contributed by atoms with E-state index in [1.165, 1.54) is 23.9 Å². The summed E-state index contributed by atoms with van der Waals surface area (Å²) >= 11 is 1.18. The van der Waals surface area contributed by atoms with Crippen molar-refractivity contribution in [2.24, 2.45) is 0 Å². The molecule has 0 saturated carbocycles. The lowest BCUT2D eigenvalue weighted by molar-refractivity contribution is -0.387. The van der Waals surface area contributed by atoms with Crippen molar-refractivity contribution in [1.82, 2.24) is 10.6 Å². The topological polar surface area (TPSA) is 128 Å². The van der Waals surface area contributed by atoms with E-state index >= 15 is 0 Å². The number of ether oxygens (including phenoxy) is 1. The molecule has 10 heteroatoms. The van der Waals surface area contributed by atoms with Gasteiger partial charge in [-0.3, -0.25) is 19.7 Å². The zero-order chi connectivity index (χ0) is 18.8. The van der Waals surface area contributed by atoms with Crippen molar-refractivity contribution >= 4 is 35.2 Å². The molecule has 0 aromatic heterocycles. The third-order valence-corrected chi connectivity index (χ3v) is 3.75. The average molecular weight is 369 g/mol. The molecule has 0 aliphatic heterocycles. The Labute approximate surface area is 148 Å². The van der Waals surface area contributed by atoms with Crippen LogP contribution in [0.5, 0.6) is 0 Å². The van der Waals surface area contributed by atoms with Crippen molar-refractivity contribution in [3.8, 4) is 0 Å². The monoisotopic (exact) mass is 369 g/mol. The molecule has 1 aromatic carbocycles. The van der Waals surface area contributed by atoms with Crippen LogP contribution in [0, 0.1) is 10.1 Å². The zero-order valence-electron chi connectivity index (χ0n) is 13.9. The molecule has 136 valence electrons. The largest absolute Gasteiger partial charge is 0.452 e. The molecule has 0 saturated heterocycles. The number of rotatable bonds is 9. The van der Waals surface area contributed by atoms with Crippen LogP contribution in [0.3, 0.4) is 0 Å². The number of nitro groups is 1. The fraction of sp³-hybridized carbons (Fsp3) is 0.400. The van der Waals surface area contributed by atoms with Crippen LogP contribution < -0.4 is 10.6 Å². The van der Waals surface area contributed by atoms with Crippen molar-refractivity contribution < 1.29 is 24.0 Å². The molecule has 0 radical (unpaired) electrons. The lowest BCUT2D eigenvalue weighted by atomic mass is 10.2. The molecule has 0 aliphatic rings. The molecule has 0 unspecified atom stereocenters. The standard InChI is InChI=1S/C15H19N3O6S/c1-3-6-16-13(19)8-17-14(20)9-24-15(21)10-4-5-12(25-2)11(7-10)18(22)23/h4-5,7H,3,6,8-9H2,1-2H3,(H,16,19)(H,17,20). The maximum absolute atomic E-state index is 11.9. The van der Waals surface area contributed by atoms with E-state index in [0.29, 0.717) is 11.4 Å². The summed E-state index contributed by atoms with van der Waals surface area (Å²) in [4.78, 5) is 45.6. The first-order chi connectivity index (χ1) is 11.9. The first kappa shape index (κ1) is 20.4. The molecular formula is C15H19N3O6S. The van der Waals surface area contributed by atoms with Crippen molar-refractivity contribution in [3.05, 3.63) is 33.9 Å². The Hall–Kier alpha value is -2.62. The number of nitrogens with one attached hydrogen (secondary N) is 2. The van der Waals surface area contributed by atoms with E-state index in [1.807, 2.05) is 6.92 Å². The summed E-state index contributed by atoms with van der Waals surface area (Å²) in [7, 11) is 0. The minimum absolute atomic E-state index is 0.0296. The molecule has 2 N–H and O–H groups in total. The number of nitrogens with zero attached hydrogens (tertiary/aromatic N) is 1. The van der Waals surface area contributed by atoms with Crippen LogP contribution in [-0.4, -0.2) is 48.7 Å². The zero-order valence-corrected chi connectivity index (χ0v) is 14.7. The highest BCUT2D eigenvalue weighted by Crippen LogP contribution is 2.28. The first-order valence-electron chi connectivity index (χ1n) is 7.42. The van der Waals surface area contributed by atoms with Gasteiger partial charge in [-0.1, -0.05) is 6.92 Å². The second-order valence-electron chi connectivity index (χ2n) is 4.85. The lowest BCUT2D eigenvalue weighted by Gasteiger charge is -2.07. The van der Waals surface area contributed by atoms with Crippen molar-refractivity contribution in [1.29, 1.82) is 0 Å². The van der Waals surface area contributed by atoms with Gasteiger partial charge in [0.1, 0.15) is 0 Å². The van der Waals surface area contributed by atoms with Crippen LogP contribution in [0.1, 0.15) is 23.7 Å². The Morgan fingerprint density at radius 3 is 2.56 bits per heavy atom. The fourth-order valence-electron chi connectivity index (χ4n) is 1.73. The molecule has 1 rings (SSSR count). The maximum atomic E-state index is 11.9. The number of esters is 1. The van der Waals surface area contributed by atoms with Gasteiger partial charge < -0.3 is 15.4 Å². The molecule has 1 aromatic rings. The van der Waals surface area contributed by atoms with Crippen molar-refractivity contribution in [2.75, 3.05) is 26.0 Å². The van der Waals surface area contributed by atoms with Crippen LogP contribution >= 0.6 is 11.8 Å². The predicted octanol–water partition coefficient (Wildman–Crippen LogP) is 1.12. The molecule has 9 nitrogen and oxygen atoms in total. The number of amides is 2. The Morgan fingerprint density at radius 1 is 1.24 bits per heavy atom. The normalized spacial score (nSPS) is 10.0. The van der Waals surface area contributed by atoms with Gasteiger partial charge in [-0.2, -0.15) is 0 Å². The molecule has 0 aliphatic carbocycles. The third-order valence-electron chi connectivity index (χ3n) is 2.96. The smallest absolute Gasteiger partial charge is 0.338 e. The molecule has 0 bridgehead atoms. The quantitative estimate of drug-likeness (QED) is 0.289. The Kier molecular flexibility index (Phi) is 8.40. The molecule has 0 heterocycles. The Balaban J connectivity index is 2.54. The average Bonchev–Trinajstić information content (AvgIpc) is 2.61. The third kappa shape index (κ3) is 6.79. The van der Waals surface area contributed by atoms with Gasteiger partial charge in [0.05, 0.1) is 21.9 Å². The molecule has 0 fully saturated rings. The first-order valence-corrected chi connectivity index (χ1v) is 8.64. The number of carbonyl (C=O) groups is 3. The number of benzene rings is 1. The number of hydrogen-bond donors (Lipinski definition) is 2. The minimum atomic E-state index is -0.860. The SMILES string of the molecule is CCCNC(=O)CNC(=O)COC(=O)c1ccc(SC)c([N+](=O)[O-])c1. The minimum Gasteiger partial charge on any atom is -0.452 e. The van der Waals surface area contributed by atoms with Gasteiger partial charge in [0.15, 0.2) is 6.61 Å². The summed E-state index contributed by atoms with van der Waals surface area (Å²) in [6.07, 6.45) is 2.46. The van der Waals surface area contributed by atoms with Gasteiger partial charge in [0, 0.05) is 12.6 Å². The van der Waals surface area contributed by atoms with Crippen LogP contribution in [0.25, 0.3) is 0 Å². The van der Waals surface area contributed by atoms with Crippen LogP contribution in [-0.2, 0) is 14.3 Å². The van der Waals surface area contributed by atoms with E-state index in [-0.39, 0.29) is 23.7 Å². The number of hydrogen-bond acceptors (Lipinski definition) is 7. The van der Waals surface area contributed by atoms with Gasteiger partial charge in [0.25, 0.3) is 11.6 Å². The van der Waals surface area contributed by atoms with Gasteiger partial charge in [-0.25, -0.2) is 4.79 Å². The van der Waals surface area contributed by atoms with E-state index in [9.17, 15) is 24.5 Å². The van der Waals surface area contributed by atoms with Crippen LogP contribution in [0.2, 0.25) is 0 Å². The Bertz CT molecular complexity index is 665. The van der Waals surface area contributed by atoms with E-state index in [0.717, 1.165) is 12.5 Å². The summed E-state index contributed by atoms with van der Waals surface area (Å²) in [5.41, 5.74) is -0.239. The summed E-state index contributed by atoms with van der Waals surface area (Å²) in [6.45, 7) is 1.60. The van der Waals surface area contributed by atoms with Crippen molar-refractivity contribution in [2.45, 2.75) is 18.2 Å². The Morgan fingerprint density at radius 2 is 1.96 bits per heavy atom. The van der Waals surface area contributed by atoms with Gasteiger partial charge in [0.2, 0.25) is 5.91 Å². The maximum Gasteiger partial charge on any atom is 0.338 e. The number of nitro benzene ring substituents is 1. The second kappa shape index (κ2) is 10.3. The van der Waals surface area contributed by atoms with E-state index in [2.05, 4.69) is 10.6 Å². The van der Waals surface area contributed by atoms with Gasteiger partial charge >= 0.3 is 5.97 Å². The second-order valence-corrected chi connectivity index (χ2v) is 5.69. The molecular weight excluding hydrogens is 350 g/mol. The summed E-state index contributed by atoms with van der Waals surface area (Å²) in [5.74, 6) is -1.85.